The maximum atomic E-state index is 13.6. The molecule has 3 atom stereocenters. The second-order valence-electron chi connectivity index (χ2n) is 7.26. The highest BCUT2D eigenvalue weighted by atomic mass is 35.5. The van der Waals surface area contributed by atoms with Crippen LogP contribution in [0.3, 0.4) is 0 Å². The summed E-state index contributed by atoms with van der Waals surface area (Å²) in [6.45, 7) is 0. The van der Waals surface area contributed by atoms with Gasteiger partial charge in [0.2, 0.25) is 6.10 Å². The van der Waals surface area contributed by atoms with Crippen LogP contribution in [0.15, 0.2) is 65.2 Å². The fourth-order valence-electron chi connectivity index (χ4n) is 3.73. The molecule has 2 aromatic carbocycles. The van der Waals surface area contributed by atoms with Crippen LogP contribution < -0.4 is 4.74 Å². The lowest BCUT2D eigenvalue weighted by Crippen LogP contribution is -2.42. The number of ether oxygens (including phenoxy) is 2. The molecule has 34 heavy (non-hydrogen) atoms. The van der Waals surface area contributed by atoms with Crippen molar-refractivity contribution >= 4 is 29.2 Å². The van der Waals surface area contributed by atoms with Crippen molar-refractivity contribution in [2.24, 2.45) is 17.3 Å². The highest BCUT2D eigenvalue weighted by Crippen LogP contribution is 2.75. The number of allylic oxidation sites excluding steroid dienone is 1. The van der Waals surface area contributed by atoms with E-state index >= 15 is 0 Å². The third-order valence-corrected chi connectivity index (χ3v) is 5.51. The maximum Gasteiger partial charge on any atom is 0.404 e. The molecule has 1 aliphatic rings. The van der Waals surface area contributed by atoms with E-state index in [-0.39, 0.29) is 11.3 Å². The van der Waals surface area contributed by atoms with Crippen molar-refractivity contribution in [3.05, 3.63) is 70.7 Å². The van der Waals surface area contributed by atoms with Crippen molar-refractivity contribution in [2.75, 3.05) is 0 Å². The van der Waals surface area contributed by atoms with Crippen LogP contribution in [0.5, 0.6) is 11.5 Å². The van der Waals surface area contributed by atoms with Gasteiger partial charge in [-0.3, -0.25) is 4.79 Å². The molecule has 1 aliphatic carbocycles. The van der Waals surface area contributed by atoms with Crippen LogP contribution >= 0.6 is 23.2 Å². The molecule has 0 spiro atoms. The third-order valence-electron chi connectivity index (χ3n) is 5.25. The number of hydrogen-bond acceptors (Lipinski definition) is 4. The van der Waals surface area contributed by atoms with Gasteiger partial charge in [-0.2, -0.15) is 31.6 Å². The van der Waals surface area contributed by atoms with Crippen LogP contribution in [0.1, 0.15) is 11.7 Å². The van der Waals surface area contributed by atoms with Crippen molar-refractivity contribution in [1.82, 2.24) is 0 Å². The monoisotopic (exact) mass is 523 g/mol. The fraction of sp³-hybridized carbons (Fsp3) is 0.273. The van der Waals surface area contributed by atoms with E-state index in [0.717, 1.165) is 0 Å². The summed E-state index contributed by atoms with van der Waals surface area (Å²) in [7, 11) is 0. The molecule has 1 fully saturated rings. The van der Waals surface area contributed by atoms with Crippen LogP contribution in [-0.4, -0.2) is 18.3 Å². The summed E-state index contributed by atoms with van der Waals surface area (Å²) in [5, 5.41) is 9.41. The Kier molecular flexibility index (Phi) is 7.10. The molecule has 3 unspecified atom stereocenters. The number of carbonyl (C=O) groups is 1. The third kappa shape index (κ3) is 4.81. The first-order chi connectivity index (χ1) is 15.8. The normalized spacial score (nSPS) is 20.0. The van der Waals surface area contributed by atoms with E-state index in [9.17, 15) is 36.4 Å². The van der Waals surface area contributed by atoms with Crippen LogP contribution in [0, 0.1) is 28.6 Å². The molecule has 180 valence electrons. The van der Waals surface area contributed by atoms with Crippen molar-refractivity contribution < 1.29 is 40.6 Å². The Bertz CT molecular complexity index is 1110. The summed E-state index contributed by atoms with van der Waals surface area (Å²) >= 11 is 10.6. The summed E-state index contributed by atoms with van der Waals surface area (Å²) in [4.78, 5) is 12.5. The number of para-hydroxylation sites is 1. The largest absolute Gasteiger partial charge is 0.457 e. The Labute approximate surface area is 199 Å². The molecule has 0 N–H and O–H groups in total. The minimum Gasteiger partial charge on any atom is -0.457 e. The molecule has 3 rings (SSSR count). The zero-order chi connectivity index (χ0) is 25.3. The Morgan fingerprint density at radius 3 is 2.12 bits per heavy atom. The summed E-state index contributed by atoms with van der Waals surface area (Å²) in [6.07, 6.45) is -13.2. The first-order valence-corrected chi connectivity index (χ1v) is 10.2. The number of hydrogen-bond donors (Lipinski definition) is 0. The minimum atomic E-state index is -5.87. The van der Waals surface area contributed by atoms with Crippen LogP contribution in [0.25, 0.3) is 0 Å². The quantitative estimate of drug-likeness (QED) is 0.295. The number of rotatable bonds is 6. The maximum absolute atomic E-state index is 13.6. The van der Waals surface area contributed by atoms with Crippen LogP contribution in [0.4, 0.5) is 26.3 Å². The molecule has 4 nitrogen and oxygen atoms in total. The lowest BCUT2D eigenvalue weighted by Gasteiger charge is -2.24. The first-order valence-electron chi connectivity index (χ1n) is 9.42. The molecule has 12 heteroatoms. The lowest BCUT2D eigenvalue weighted by atomic mass is 10.00. The van der Waals surface area contributed by atoms with Gasteiger partial charge in [0.05, 0.1) is 5.92 Å². The first kappa shape index (κ1) is 25.7. The molecule has 2 aromatic rings. The van der Waals surface area contributed by atoms with Crippen molar-refractivity contribution in [3.63, 3.8) is 0 Å². The number of alkyl halides is 6. The van der Waals surface area contributed by atoms with Gasteiger partial charge in [-0.25, -0.2) is 0 Å². The number of benzene rings is 2. The average Bonchev–Trinajstić information content (AvgIpc) is 3.42. The van der Waals surface area contributed by atoms with E-state index in [1.165, 1.54) is 24.3 Å². The minimum absolute atomic E-state index is 0.0167. The molecular weight excluding hydrogens is 511 g/mol. The predicted molar refractivity (Wildman–Crippen MR) is 109 cm³/mol. The van der Waals surface area contributed by atoms with Crippen LogP contribution in [-0.2, 0) is 9.53 Å². The SMILES string of the molecule is N#CC(OC(=O)C1C(C=C(Cl)Cl)C1(C(F)(F)F)C(F)(F)F)c1cccc(Oc2ccccc2)c1. The number of halogens is 8. The zero-order valence-electron chi connectivity index (χ0n) is 16.7. The predicted octanol–water partition coefficient (Wildman–Crippen LogP) is 7.26. The van der Waals surface area contributed by atoms with Crippen LogP contribution in [0.2, 0.25) is 0 Å². The lowest BCUT2D eigenvalue weighted by molar-refractivity contribution is -0.308. The Balaban J connectivity index is 1.88. The van der Waals surface area contributed by atoms with Gasteiger partial charge in [-0.05, 0) is 30.3 Å². The molecular formula is C22H13Cl2F6NO3. The van der Waals surface area contributed by atoms with E-state index in [2.05, 4.69) is 0 Å². The van der Waals surface area contributed by atoms with Gasteiger partial charge in [-0.15, -0.1) is 0 Å². The van der Waals surface area contributed by atoms with Crippen molar-refractivity contribution in [3.8, 4) is 17.6 Å². The average molecular weight is 524 g/mol. The number of carbonyl (C=O) groups excluding carboxylic acids is 1. The van der Waals surface area contributed by atoms with E-state index in [0.29, 0.717) is 11.8 Å². The molecule has 0 aromatic heterocycles. The second kappa shape index (κ2) is 9.39. The molecule has 1 saturated carbocycles. The number of esters is 1. The number of nitrogens with zero attached hydrogens (tertiary/aromatic N) is 1. The Morgan fingerprint density at radius 2 is 1.59 bits per heavy atom. The number of nitriles is 1. The standard InChI is InChI=1S/C22H13Cl2F6NO3/c23-17(24)10-15-18(20(15,21(25,26)27)22(28,29)30)19(32)34-16(11-31)12-5-4-8-14(9-12)33-13-6-2-1-3-7-13/h1-10,15-16,18H. The molecule has 0 bridgehead atoms. The highest BCUT2D eigenvalue weighted by Gasteiger charge is 2.91. The fourth-order valence-corrected chi connectivity index (χ4v) is 4.00. The molecule has 0 saturated heterocycles. The van der Waals surface area contributed by atoms with Gasteiger partial charge in [0.1, 0.15) is 22.1 Å². The van der Waals surface area contributed by atoms with Gasteiger partial charge in [0.25, 0.3) is 0 Å². The van der Waals surface area contributed by atoms with E-state index < -0.39 is 46.2 Å². The molecule has 0 radical (unpaired) electrons. The molecule has 0 heterocycles. The van der Waals surface area contributed by atoms with Gasteiger partial charge < -0.3 is 9.47 Å². The van der Waals surface area contributed by atoms with Gasteiger partial charge in [0, 0.05) is 11.5 Å². The molecule has 0 aliphatic heterocycles. The zero-order valence-corrected chi connectivity index (χ0v) is 18.2. The van der Waals surface area contributed by atoms with Gasteiger partial charge in [0.15, 0.2) is 5.41 Å². The topological polar surface area (TPSA) is 59.3 Å². The second-order valence-corrected chi connectivity index (χ2v) is 8.27. The highest BCUT2D eigenvalue weighted by molar-refractivity contribution is 6.55. The van der Waals surface area contributed by atoms with Crippen molar-refractivity contribution in [2.45, 2.75) is 18.5 Å². The smallest absolute Gasteiger partial charge is 0.404 e. The Morgan fingerprint density at radius 1 is 1.00 bits per heavy atom. The Hall–Kier alpha value is -2.90. The van der Waals surface area contributed by atoms with E-state index in [1.807, 2.05) is 0 Å². The summed E-state index contributed by atoms with van der Waals surface area (Å²) in [5.74, 6) is -6.42. The summed E-state index contributed by atoms with van der Waals surface area (Å²) < 4.78 is 91.0. The van der Waals surface area contributed by atoms with Crippen molar-refractivity contribution in [1.29, 1.82) is 5.26 Å². The van der Waals surface area contributed by atoms with Gasteiger partial charge in [-0.1, -0.05) is 53.5 Å². The van der Waals surface area contributed by atoms with E-state index in [1.54, 1.807) is 36.4 Å². The van der Waals surface area contributed by atoms with E-state index in [4.69, 9.17) is 32.7 Å². The van der Waals surface area contributed by atoms with Gasteiger partial charge >= 0.3 is 18.3 Å². The summed E-state index contributed by atoms with van der Waals surface area (Å²) in [5.41, 5.74) is -4.46. The molecule has 0 amide bonds. The summed E-state index contributed by atoms with van der Waals surface area (Å²) in [6, 6.07) is 15.4.